The van der Waals surface area contributed by atoms with E-state index in [1.165, 1.54) is 12.0 Å². The van der Waals surface area contributed by atoms with Gasteiger partial charge in [-0.3, -0.25) is 9.59 Å². The van der Waals surface area contributed by atoms with Crippen LogP contribution < -0.4 is 14.5 Å². The van der Waals surface area contributed by atoms with Crippen molar-refractivity contribution in [2.24, 2.45) is 11.8 Å². The number of benzene rings is 4. The Bertz CT molecular complexity index is 1660. The van der Waals surface area contributed by atoms with E-state index in [2.05, 4.69) is 0 Å². The maximum atomic E-state index is 14.4. The molecule has 7 rings (SSSR count). The summed E-state index contributed by atoms with van der Waals surface area (Å²) in [5.41, 5.74) is 3.70. The second-order valence-corrected chi connectivity index (χ2v) is 10.6. The highest BCUT2D eigenvalue weighted by Gasteiger charge is 2.65. The van der Waals surface area contributed by atoms with Crippen molar-refractivity contribution in [3.8, 4) is 5.75 Å². The molecule has 0 aromatic heterocycles. The molecule has 3 heterocycles. The van der Waals surface area contributed by atoms with Gasteiger partial charge >= 0.3 is 5.97 Å². The first kappa shape index (κ1) is 25.8. The molecular formula is C35H28N2O5. The van der Waals surface area contributed by atoms with Gasteiger partial charge in [0.05, 0.1) is 30.7 Å². The van der Waals surface area contributed by atoms with Crippen LogP contribution in [-0.2, 0) is 19.1 Å². The molecule has 0 N–H and O–H groups in total. The average molecular weight is 557 g/mol. The average Bonchev–Trinajstić information content (AvgIpc) is 3.52. The van der Waals surface area contributed by atoms with E-state index in [4.69, 9.17) is 9.47 Å². The SMILES string of the molecule is COc1ccccc1N1C(=O)[C@@H]2[C@H](C1=O)[C@@H]1C=Cc3ccccc3N1[C@@H]2C(=O)OC(c1ccccc1)c1ccccc1. The number of rotatable bonds is 6. The van der Waals surface area contributed by atoms with Crippen molar-refractivity contribution in [3.63, 3.8) is 0 Å². The van der Waals surface area contributed by atoms with Gasteiger partial charge in [0.15, 0.2) is 6.10 Å². The summed E-state index contributed by atoms with van der Waals surface area (Å²) < 4.78 is 11.8. The number of carbonyl (C=O) groups excluding carboxylic acids is 3. The Kier molecular flexibility index (Phi) is 6.35. The summed E-state index contributed by atoms with van der Waals surface area (Å²) in [6, 6.07) is 32.2. The van der Waals surface area contributed by atoms with E-state index < -0.39 is 41.9 Å². The number of amides is 2. The minimum atomic E-state index is -1.02. The zero-order valence-electron chi connectivity index (χ0n) is 22.9. The number of ether oxygens (including phenoxy) is 2. The Morgan fingerprint density at radius 2 is 1.29 bits per heavy atom. The topological polar surface area (TPSA) is 76.2 Å². The molecule has 42 heavy (non-hydrogen) atoms. The molecule has 0 bridgehead atoms. The highest BCUT2D eigenvalue weighted by atomic mass is 16.5. The van der Waals surface area contributed by atoms with Crippen LogP contribution in [0.25, 0.3) is 6.08 Å². The quantitative estimate of drug-likeness (QED) is 0.233. The zero-order valence-corrected chi connectivity index (χ0v) is 22.9. The zero-order chi connectivity index (χ0) is 28.8. The van der Waals surface area contributed by atoms with Crippen LogP contribution in [0.3, 0.4) is 0 Å². The first-order valence-electron chi connectivity index (χ1n) is 14.0. The monoisotopic (exact) mass is 556 g/mol. The molecule has 7 nitrogen and oxygen atoms in total. The van der Waals surface area contributed by atoms with Gasteiger partial charge < -0.3 is 14.4 Å². The van der Waals surface area contributed by atoms with Crippen LogP contribution in [0, 0.1) is 11.8 Å². The number of methoxy groups -OCH3 is 1. The fourth-order valence-electron chi connectivity index (χ4n) is 6.61. The summed E-state index contributed by atoms with van der Waals surface area (Å²) in [5.74, 6) is -2.65. The lowest BCUT2D eigenvalue weighted by molar-refractivity contribution is -0.151. The molecule has 2 fully saturated rings. The van der Waals surface area contributed by atoms with Crippen LogP contribution in [0.15, 0.2) is 115 Å². The van der Waals surface area contributed by atoms with Crippen LogP contribution in [0.2, 0.25) is 0 Å². The number of para-hydroxylation sites is 3. The fourth-order valence-corrected chi connectivity index (χ4v) is 6.61. The second kappa shape index (κ2) is 10.3. The molecule has 0 spiro atoms. The van der Waals surface area contributed by atoms with Gasteiger partial charge in [-0.25, -0.2) is 9.69 Å². The number of hydrogen-bond donors (Lipinski definition) is 0. The van der Waals surface area contributed by atoms with Crippen LogP contribution in [0.1, 0.15) is 22.8 Å². The van der Waals surface area contributed by atoms with E-state index in [1.807, 2.05) is 102 Å². The molecule has 4 aromatic carbocycles. The van der Waals surface area contributed by atoms with Crippen molar-refractivity contribution >= 4 is 35.2 Å². The predicted molar refractivity (Wildman–Crippen MR) is 159 cm³/mol. The highest BCUT2D eigenvalue weighted by molar-refractivity contribution is 6.25. The number of imide groups is 1. The molecule has 208 valence electrons. The summed E-state index contributed by atoms with van der Waals surface area (Å²) in [6.07, 6.45) is 3.20. The molecule has 3 aliphatic heterocycles. The molecule has 4 aromatic rings. The van der Waals surface area contributed by atoms with Crippen LogP contribution in [-0.4, -0.2) is 37.0 Å². The molecular weight excluding hydrogens is 528 g/mol. The highest BCUT2D eigenvalue weighted by Crippen LogP contribution is 2.50. The molecule has 7 heteroatoms. The van der Waals surface area contributed by atoms with Gasteiger partial charge in [0.2, 0.25) is 11.8 Å². The molecule has 4 atom stereocenters. The number of hydrogen-bond acceptors (Lipinski definition) is 6. The van der Waals surface area contributed by atoms with Gasteiger partial charge in [-0.05, 0) is 34.9 Å². The van der Waals surface area contributed by atoms with Crippen LogP contribution in [0.5, 0.6) is 5.75 Å². The van der Waals surface area contributed by atoms with Crippen molar-refractivity contribution in [2.45, 2.75) is 18.2 Å². The Hall–Kier alpha value is -5.17. The van der Waals surface area contributed by atoms with Gasteiger partial charge in [0.25, 0.3) is 0 Å². The van der Waals surface area contributed by atoms with E-state index >= 15 is 0 Å². The van der Waals surface area contributed by atoms with Crippen LogP contribution in [0.4, 0.5) is 11.4 Å². The first-order valence-corrected chi connectivity index (χ1v) is 14.0. The molecule has 2 saturated heterocycles. The Morgan fingerprint density at radius 3 is 1.95 bits per heavy atom. The third-order valence-corrected chi connectivity index (χ3v) is 8.42. The van der Waals surface area contributed by atoms with Crippen molar-refractivity contribution < 1.29 is 23.9 Å². The Morgan fingerprint density at radius 1 is 0.714 bits per heavy atom. The number of anilines is 2. The lowest BCUT2D eigenvalue weighted by atomic mass is 9.88. The second-order valence-electron chi connectivity index (χ2n) is 10.6. The van der Waals surface area contributed by atoms with E-state index in [9.17, 15) is 14.4 Å². The maximum absolute atomic E-state index is 14.4. The number of esters is 1. The van der Waals surface area contributed by atoms with Crippen LogP contribution >= 0.6 is 0 Å². The van der Waals surface area contributed by atoms with Gasteiger partial charge in [-0.1, -0.05) is 103 Å². The fraction of sp³-hybridized carbons (Fsp3) is 0.171. The third-order valence-electron chi connectivity index (χ3n) is 8.42. The van der Waals surface area contributed by atoms with E-state index in [0.29, 0.717) is 11.4 Å². The molecule has 2 amide bonds. The molecule has 0 radical (unpaired) electrons. The Labute approximate surface area is 243 Å². The summed E-state index contributed by atoms with van der Waals surface area (Å²) in [4.78, 5) is 45.9. The minimum absolute atomic E-state index is 0.355. The maximum Gasteiger partial charge on any atom is 0.330 e. The van der Waals surface area contributed by atoms with Gasteiger partial charge in [0, 0.05) is 5.69 Å². The van der Waals surface area contributed by atoms with Crippen molar-refractivity contribution in [1.82, 2.24) is 0 Å². The summed E-state index contributed by atoms with van der Waals surface area (Å²) >= 11 is 0. The number of nitrogens with zero attached hydrogens (tertiary/aromatic N) is 2. The summed E-state index contributed by atoms with van der Waals surface area (Å²) in [6.45, 7) is 0. The van der Waals surface area contributed by atoms with Crippen molar-refractivity contribution in [2.75, 3.05) is 16.9 Å². The Balaban J connectivity index is 1.33. The van der Waals surface area contributed by atoms with Gasteiger partial charge in [0.1, 0.15) is 11.8 Å². The van der Waals surface area contributed by atoms with Gasteiger partial charge in [-0.15, -0.1) is 0 Å². The van der Waals surface area contributed by atoms with E-state index in [0.717, 1.165) is 22.4 Å². The smallest absolute Gasteiger partial charge is 0.330 e. The number of carbonyl (C=O) groups is 3. The summed E-state index contributed by atoms with van der Waals surface area (Å²) in [5, 5.41) is 0. The van der Waals surface area contributed by atoms with E-state index in [-0.39, 0.29) is 5.91 Å². The van der Waals surface area contributed by atoms with Crippen molar-refractivity contribution in [3.05, 3.63) is 132 Å². The van der Waals surface area contributed by atoms with Crippen molar-refractivity contribution in [1.29, 1.82) is 0 Å². The number of fused-ring (bicyclic) bond motifs is 5. The first-order chi connectivity index (χ1) is 20.6. The largest absolute Gasteiger partial charge is 0.495 e. The predicted octanol–water partition coefficient (Wildman–Crippen LogP) is 5.42. The molecule has 0 aliphatic carbocycles. The lowest BCUT2D eigenvalue weighted by Gasteiger charge is -2.36. The van der Waals surface area contributed by atoms with E-state index in [1.54, 1.807) is 24.3 Å². The third kappa shape index (κ3) is 4.00. The minimum Gasteiger partial charge on any atom is -0.495 e. The lowest BCUT2D eigenvalue weighted by Crippen LogP contribution is -2.49. The van der Waals surface area contributed by atoms with Gasteiger partial charge in [-0.2, -0.15) is 0 Å². The molecule has 3 aliphatic rings. The summed E-state index contributed by atoms with van der Waals surface area (Å²) in [7, 11) is 1.50. The standard InChI is InChI=1S/C35H28N2O5/c1-41-28-19-11-10-18-26(28)37-33(38)29-27-21-20-22-12-8-9-17-25(22)36(27)31(30(29)34(37)39)35(40)42-32(23-13-4-2-5-14-23)24-15-6-3-7-16-24/h2-21,27,29-32H,1H3/t27-,29+,30+,31-/m0/s1. The molecule has 0 unspecified atom stereocenters. The molecule has 0 saturated carbocycles. The normalized spacial score (nSPS) is 22.1.